The normalized spacial score (nSPS) is 18.0. The maximum absolute atomic E-state index is 4.66. The minimum absolute atomic E-state index is 1.02. The van der Waals surface area contributed by atoms with Gasteiger partial charge in [0.15, 0.2) is 0 Å². The number of hydrogen-bond donors (Lipinski definition) is 2. The van der Waals surface area contributed by atoms with E-state index in [4.69, 9.17) is 0 Å². The van der Waals surface area contributed by atoms with E-state index >= 15 is 0 Å². The molecule has 2 N–H and O–H groups in total. The van der Waals surface area contributed by atoms with Crippen molar-refractivity contribution in [3.8, 4) is 0 Å². The number of H-pyrrole nitrogens is 1. The Morgan fingerprint density at radius 1 is 1.06 bits per heavy atom. The van der Waals surface area contributed by atoms with Crippen molar-refractivity contribution < 1.29 is 0 Å². The molecule has 2 aromatic rings. The van der Waals surface area contributed by atoms with E-state index in [1.54, 1.807) is 0 Å². The minimum Gasteiger partial charge on any atom is -0.342 e. The van der Waals surface area contributed by atoms with E-state index in [-0.39, 0.29) is 0 Å². The van der Waals surface area contributed by atoms with Crippen molar-refractivity contribution in [1.29, 1.82) is 0 Å². The number of rotatable bonds is 1. The molecule has 3 rings (SSSR count). The van der Waals surface area contributed by atoms with Crippen LogP contribution in [0.4, 0.5) is 5.95 Å². The van der Waals surface area contributed by atoms with Gasteiger partial charge in [0.25, 0.3) is 0 Å². The molecular formula is C13H18N4. The van der Waals surface area contributed by atoms with E-state index in [9.17, 15) is 0 Å². The molecule has 0 spiro atoms. The molecule has 2 heterocycles. The number of benzene rings is 1. The lowest BCUT2D eigenvalue weighted by atomic mass is 10.3. The summed E-state index contributed by atoms with van der Waals surface area (Å²) in [5, 5.41) is 3.43. The summed E-state index contributed by atoms with van der Waals surface area (Å²) in [7, 11) is 0. The van der Waals surface area contributed by atoms with E-state index in [1.807, 2.05) is 12.1 Å². The molecule has 0 unspecified atom stereocenters. The monoisotopic (exact) mass is 230 g/mol. The van der Waals surface area contributed by atoms with Crippen molar-refractivity contribution in [2.75, 3.05) is 31.1 Å². The highest BCUT2D eigenvalue weighted by atomic mass is 15.3. The summed E-state index contributed by atoms with van der Waals surface area (Å²) in [4.78, 5) is 10.4. The van der Waals surface area contributed by atoms with Crippen LogP contribution in [-0.4, -0.2) is 36.1 Å². The average molecular weight is 230 g/mol. The summed E-state index contributed by atoms with van der Waals surface area (Å²) >= 11 is 0. The molecule has 1 aromatic carbocycles. The van der Waals surface area contributed by atoms with Crippen molar-refractivity contribution >= 4 is 17.0 Å². The number of nitrogens with zero attached hydrogens (tertiary/aromatic N) is 2. The number of imidazole rings is 1. The average Bonchev–Trinajstić information content (AvgIpc) is 2.71. The van der Waals surface area contributed by atoms with E-state index < -0.39 is 0 Å². The third-order valence-corrected chi connectivity index (χ3v) is 3.24. The SMILES string of the molecule is c1ccc2[nH]c(N3CCCNCCC3)nc2c1. The van der Waals surface area contributed by atoms with Gasteiger partial charge in [0.05, 0.1) is 11.0 Å². The van der Waals surface area contributed by atoms with Crippen molar-refractivity contribution in [3.63, 3.8) is 0 Å². The fourth-order valence-corrected chi connectivity index (χ4v) is 2.33. The van der Waals surface area contributed by atoms with Gasteiger partial charge < -0.3 is 15.2 Å². The highest BCUT2D eigenvalue weighted by Gasteiger charge is 2.12. The quantitative estimate of drug-likeness (QED) is 0.784. The lowest BCUT2D eigenvalue weighted by molar-refractivity contribution is 0.563. The van der Waals surface area contributed by atoms with Crippen molar-refractivity contribution in [2.24, 2.45) is 0 Å². The van der Waals surface area contributed by atoms with E-state index in [0.29, 0.717) is 0 Å². The minimum atomic E-state index is 1.02. The molecule has 4 nitrogen and oxygen atoms in total. The van der Waals surface area contributed by atoms with Crippen LogP contribution in [-0.2, 0) is 0 Å². The largest absolute Gasteiger partial charge is 0.342 e. The summed E-state index contributed by atoms with van der Waals surface area (Å²) < 4.78 is 0. The zero-order valence-electron chi connectivity index (χ0n) is 9.95. The zero-order chi connectivity index (χ0) is 11.5. The number of para-hydroxylation sites is 2. The Hall–Kier alpha value is -1.55. The molecule has 0 radical (unpaired) electrons. The van der Waals surface area contributed by atoms with E-state index in [0.717, 1.165) is 43.2 Å². The molecule has 1 aliphatic rings. The molecule has 1 aromatic heterocycles. The third-order valence-electron chi connectivity index (χ3n) is 3.24. The summed E-state index contributed by atoms with van der Waals surface area (Å²) in [5.74, 6) is 1.02. The van der Waals surface area contributed by atoms with Gasteiger partial charge in [0.2, 0.25) is 5.95 Å². The van der Waals surface area contributed by atoms with E-state index in [2.05, 4.69) is 32.3 Å². The first-order valence-electron chi connectivity index (χ1n) is 6.34. The number of hydrogen-bond acceptors (Lipinski definition) is 3. The molecule has 90 valence electrons. The first-order chi connectivity index (χ1) is 8.43. The molecule has 0 bridgehead atoms. The van der Waals surface area contributed by atoms with Crippen LogP contribution in [0.5, 0.6) is 0 Å². The topological polar surface area (TPSA) is 44.0 Å². The van der Waals surface area contributed by atoms with E-state index in [1.165, 1.54) is 12.8 Å². The Kier molecular flexibility index (Phi) is 2.96. The van der Waals surface area contributed by atoms with Crippen molar-refractivity contribution in [3.05, 3.63) is 24.3 Å². The number of aromatic nitrogens is 2. The Bertz CT molecular complexity index is 450. The van der Waals surface area contributed by atoms with Gasteiger partial charge in [-0.2, -0.15) is 0 Å². The van der Waals surface area contributed by atoms with Crippen molar-refractivity contribution in [2.45, 2.75) is 12.8 Å². The van der Waals surface area contributed by atoms with Crippen LogP contribution >= 0.6 is 0 Å². The Balaban J connectivity index is 1.85. The fraction of sp³-hybridized carbons (Fsp3) is 0.462. The van der Waals surface area contributed by atoms with Gasteiger partial charge in [-0.1, -0.05) is 12.1 Å². The van der Waals surface area contributed by atoms with Gasteiger partial charge in [0.1, 0.15) is 0 Å². The fourth-order valence-electron chi connectivity index (χ4n) is 2.33. The van der Waals surface area contributed by atoms with Crippen LogP contribution in [0.1, 0.15) is 12.8 Å². The zero-order valence-corrected chi connectivity index (χ0v) is 9.95. The maximum Gasteiger partial charge on any atom is 0.203 e. The summed E-state index contributed by atoms with van der Waals surface area (Å²) in [6.45, 7) is 4.37. The predicted molar refractivity (Wildman–Crippen MR) is 70.4 cm³/mol. The number of aromatic amines is 1. The lowest BCUT2D eigenvalue weighted by Crippen LogP contribution is -2.34. The van der Waals surface area contributed by atoms with Crippen LogP contribution in [0.2, 0.25) is 0 Å². The highest BCUT2D eigenvalue weighted by molar-refractivity contribution is 5.77. The summed E-state index contributed by atoms with van der Waals surface area (Å²) in [5.41, 5.74) is 2.19. The maximum atomic E-state index is 4.66. The number of nitrogens with one attached hydrogen (secondary N) is 2. The van der Waals surface area contributed by atoms with Gasteiger partial charge >= 0.3 is 0 Å². The molecular weight excluding hydrogens is 212 g/mol. The number of anilines is 1. The summed E-state index contributed by atoms with van der Waals surface area (Å²) in [6.07, 6.45) is 2.36. The second kappa shape index (κ2) is 4.75. The van der Waals surface area contributed by atoms with Gasteiger partial charge in [-0.3, -0.25) is 0 Å². The Morgan fingerprint density at radius 2 is 1.82 bits per heavy atom. The molecule has 0 amide bonds. The second-order valence-corrected chi connectivity index (χ2v) is 4.52. The molecule has 0 aliphatic carbocycles. The van der Waals surface area contributed by atoms with Gasteiger partial charge in [-0.05, 0) is 38.1 Å². The first-order valence-corrected chi connectivity index (χ1v) is 6.34. The lowest BCUT2D eigenvalue weighted by Gasteiger charge is -2.24. The van der Waals surface area contributed by atoms with Crippen LogP contribution in [0.25, 0.3) is 11.0 Å². The smallest absolute Gasteiger partial charge is 0.203 e. The van der Waals surface area contributed by atoms with Crippen molar-refractivity contribution in [1.82, 2.24) is 15.3 Å². The molecule has 4 heteroatoms. The van der Waals surface area contributed by atoms with Gasteiger partial charge in [0, 0.05) is 13.1 Å². The molecule has 0 saturated carbocycles. The van der Waals surface area contributed by atoms with Crippen LogP contribution < -0.4 is 10.2 Å². The molecule has 0 atom stereocenters. The second-order valence-electron chi connectivity index (χ2n) is 4.52. The molecule has 1 fully saturated rings. The van der Waals surface area contributed by atoms with Gasteiger partial charge in [-0.15, -0.1) is 0 Å². The molecule has 1 saturated heterocycles. The van der Waals surface area contributed by atoms with Gasteiger partial charge in [-0.25, -0.2) is 4.98 Å². The number of fused-ring (bicyclic) bond motifs is 1. The van der Waals surface area contributed by atoms with Crippen LogP contribution in [0.3, 0.4) is 0 Å². The highest BCUT2D eigenvalue weighted by Crippen LogP contribution is 2.17. The Morgan fingerprint density at radius 3 is 2.59 bits per heavy atom. The third kappa shape index (κ3) is 2.26. The van der Waals surface area contributed by atoms with Crippen LogP contribution in [0, 0.1) is 0 Å². The molecule has 17 heavy (non-hydrogen) atoms. The predicted octanol–water partition coefficient (Wildman–Crippen LogP) is 1.75. The summed E-state index contributed by atoms with van der Waals surface area (Å²) in [6, 6.07) is 8.21. The molecule has 1 aliphatic heterocycles. The van der Waals surface area contributed by atoms with Crippen LogP contribution in [0.15, 0.2) is 24.3 Å². The Labute approximate surface area is 101 Å². The standard InChI is InChI=1S/C13H18N4/c1-2-6-12-11(5-1)15-13(16-12)17-9-3-7-14-8-4-10-17/h1-2,5-6,14H,3-4,7-10H2,(H,15,16). The first kappa shape index (κ1) is 10.6.